The number of hydrogen-bond acceptors (Lipinski definition) is 3. The molecule has 27 heavy (non-hydrogen) atoms. The molecule has 3 unspecified atom stereocenters. The zero-order valence-corrected chi connectivity index (χ0v) is 15.6. The first kappa shape index (κ1) is 18.0. The van der Waals surface area contributed by atoms with Gasteiger partial charge in [0, 0.05) is 24.0 Å². The first-order valence-electron chi connectivity index (χ1n) is 9.12. The third-order valence-corrected chi connectivity index (χ3v) is 6.59. The Morgan fingerprint density at radius 1 is 1.04 bits per heavy atom. The van der Waals surface area contributed by atoms with Crippen molar-refractivity contribution in [1.82, 2.24) is 10.2 Å². The molecule has 2 heterocycles. The Bertz CT molecular complexity index is 828. The number of thioether (sulfide) groups is 1. The minimum absolute atomic E-state index is 0.00772. The van der Waals surface area contributed by atoms with Gasteiger partial charge in [-0.05, 0) is 29.7 Å². The average molecular weight is 384 g/mol. The number of piperazine rings is 1. The van der Waals surface area contributed by atoms with E-state index in [9.17, 15) is 14.0 Å². The quantitative estimate of drug-likeness (QED) is 0.862. The molecule has 2 aromatic carbocycles. The molecule has 0 spiro atoms. The van der Waals surface area contributed by atoms with Gasteiger partial charge in [0.2, 0.25) is 11.8 Å². The smallest absolute Gasteiger partial charge is 0.246 e. The summed E-state index contributed by atoms with van der Waals surface area (Å²) in [6.45, 7) is 0.614. The van der Waals surface area contributed by atoms with Gasteiger partial charge in [0.25, 0.3) is 0 Å². The number of hydrogen-bond donors (Lipinski definition) is 1. The van der Waals surface area contributed by atoms with Gasteiger partial charge in [-0.1, -0.05) is 42.5 Å². The molecule has 2 aromatic rings. The standard InChI is InChI=1S/C21H21FN2O2S/c22-16-8-6-15(7-9-16)13-27-18-10-11-24-19(18)20(25)23-17(21(24)26)12-14-4-2-1-3-5-14/h1-9,17-19H,10-13H2,(H,23,25). The number of nitrogens with zero attached hydrogens (tertiary/aromatic N) is 1. The van der Waals surface area contributed by atoms with Crippen molar-refractivity contribution in [2.75, 3.05) is 6.54 Å². The summed E-state index contributed by atoms with van der Waals surface area (Å²) < 4.78 is 13.0. The molecule has 0 bridgehead atoms. The Balaban J connectivity index is 1.41. The van der Waals surface area contributed by atoms with E-state index in [4.69, 9.17) is 0 Å². The second-order valence-corrected chi connectivity index (χ2v) is 8.22. The van der Waals surface area contributed by atoms with E-state index in [1.165, 1.54) is 12.1 Å². The normalized spacial score (nSPS) is 24.6. The lowest BCUT2D eigenvalue weighted by molar-refractivity contribution is -0.146. The first-order valence-corrected chi connectivity index (χ1v) is 10.2. The van der Waals surface area contributed by atoms with Crippen molar-refractivity contribution in [3.05, 3.63) is 71.5 Å². The molecule has 4 rings (SSSR count). The summed E-state index contributed by atoms with van der Waals surface area (Å²) in [6.07, 6.45) is 1.32. The predicted octanol–water partition coefficient (Wildman–Crippen LogP) is 2.77. The van der Waals surface area contributed by atoms with E-state index >= 15 is 0 Å². The highest BCUT2D eigenvalue weighted by Crippen LogP contribution is 2.33. The van der Waals surface area contributed by atoms with Crippen LogP contribution in [0.25, 0.3) is 0 Å². The highest BCUT2D eigenvalue weighted by molar-refractivity contribution is 7.99. The lowest BCUT2D eigenvalue weighted by atomic mass is 10.0. The number of carbonyl (C=O) groups is 2. The zero-order chi connectivity index (χ0) is 18.8. The molecule has 2 aliphatic rings. The molecule has 0 aromatic heterocycles. The molecule has 2 saturated heterocycles. The highest BCUT2D eigenvalue weighted by atomic mass is 32.2. The molecule has 1 N–H and O–H groups in total. The maximum absolute atomic E-state index is 13.0. The van der Waals surface area contributed by atoms with Crippen LogP contribution in [0.15, 0.2) is 54.6 Å². The van der Waals surface area contributed by atoms with Gasteiger partial charge in [0.15, 0.2) is 0 Å². The molecule has 2 fully saturated rings. The van der Waals surface area contributed by atoms with E-state index in [0.717, 1.165) is 17.5 Å². The van der Waals surface area contributed by atoms with Crippen LogP contribution in [-0.4, -0.2) is 40.6 Å². The fourth-order valence-corrected chi connectivity index (χ4v) is 5.11. The monoisotopic (exact) mass is 384 g/mol. The summed E-state index contributed by atoms with van der Waals surface area (Å²) in [5.41, 5.74) is 2.06. The fraction of sp³-hybridized carbons (Fsp3) is 0.333. The lowest BCUT2D eigenvalue weighted by Gasteiger charge is -2.36. The van der Waals surface area contributed by atoms with Crippen LogP contribution in [0.4, 0.5) is 4.39 Å². The third-order valence-electron chi connectivity index (χ3n) is 5.17. The number of fused-ring (bicyclic) bond motifs is 1. The minimum Gasteiger partial charge on any atom is -0.342 e. The number of carbonyl (C=O) groups excluding carboxylic acids is 2. The van der Waals surface area contributed by atoms with Gasteiger partial charge in [-0.2, -0.15) is 11.8 Å². The number of nitrogens with one attached hydrogen (secondary N) is 1. The van der Waals surface area contributed by atoms with Crippen molar-refractivity contribution in [3.8, 4) is 0 Å². The van der Waals surface area contributed by atoms with Gasteiger partial charge >= 0.3 is 0 Å². The Morgan fingerprint density at radius 2 is 1.78 bits per heavy atom. The molecule has 2 aliphatic heterocycles. The van der Waals surface area contributed by atoms with Crippen LogP contribution in [0.3, 0.4) is 0 Å². The van der Waals surface area contributed by atoms with E-state index in [1.807, 2.05) is 30.3 Å². The lowest BCUT2D eigenvalue weighted by Crippen LogP contribution is -2.63. The molecule has 0 radical (unpaired) electrons. The summed E-state index contributed by atoms with van der Waals surface area (Å²) in [4.78, 5) is 27.3. The third kappa shape index (κ3) is 3.86. The number of benzene rings is 2. The molecule has 2 amide bonds. The Labute approximate surface area is 162 Å². The number of amides is 2. The second kappa shape index (κ2) is 7.72. The summed E-state index contributed by atoms with van der Waals surface area (Å²) in [7, 11) is 0. The van der Waals surface area contributed by atoms with Gasteiger partial charge in [-0.25, -0.2) is 4.39 Å². The van der Waals surface area contributed by atoms with Gasteiger partial charge < -0.3 is 10.2 Å². The molecule has 0 saturated carbocycles. The Hall–Kier alpha value is -2.34. The SMILES string of the molecule is O=C1NC(Cc2ccccc2)C(=O)N2CCC(SCc3ccc(F)cc3)C12. The molecule has 3 atom stereocenters. The first-order chi connectivity index (χ1) is 13.1. The number of halogens is 1. The van der Waals surface area contributed by atoms with Gasteiger partial charge in [0.1, 0.15) is 17.9 Å². The summed E-state index contributed by atoms with van der Waals surface area (Å²) in [5.74, 6) is 0.389. The van der Waals surface area contributed by atoms with Crippen LogP contribution in [0.2, 0.25) is 0 Å². The molecular weight excluding hydrogens is 363 g/mol. The van der Waals surface area contributed by atoms with E-state index in [-0.39, 0.29) is 22.9 Å². The molecule has 4 nitrogen and oxygen atoms in total. The van der Waals surface area contributed by atoms with Crippen molar-refractivity contribution in [2.24, 2.45) is 0 Å². The summed E-state index contributed by atoms with van der Waals surface area (Å²) >= 11 is 1.66. The molecule has 0 aliphatic carbocycles. The Kier molecular flexibility index (Phi) is 5.16. The summed E-state index contributed by atoms with van der Waals surface area (Å²) in [6, 6.07) is 15.3. The minimum atomic E-state index is -0.489. The van der Waals surface area contributed by atoms with Crippen molar-refractivity contribution >= 4 is 23.6 Å². The summed E-state index contributed by atoms with van der Waals surface area (Å²) in [5, 5.41) is 2.99. The van der Waals surface area contributed by atoms with Crippen molar-refractivity contribution in [3.63, 3.8) is 0 Å². The van der Waals surface area contributed by atoms with Crippen molar-refractivity contribution in [2.45, 2.75) is 35.9 Å². The van der Waals surface area contributed by atoms with Gasteiger partial charge in [-0.3, -0.25) is 9.59 Å². The molecule has 140 valence electrons. The van der Waals surface area contributed by atoms with Crippen LogP contribution in [0.5, 0.6) is 0 Å². The zero-order valence-electron chi connectivity index (χ0n) is 14.8. The van der Waals surface area contributed by atoms with Gasteiger partial charge in [-0.15, -0.1) is 0 Å². The van der Waals surface area contributed by atoms with Crippen LogP contribution < -0.4 is 5.32 Å². The van der Waals surface area contributed by atoms with Crippen molar-refractivity contribution < 1.29 is 14.0 Å². The highest BCUT2D eigenvalue weighted by Gasteiger charge is 2.48. The van der Waals surface area contributed by atoms with E-state index in [1.54, 1.807) is 28.8 Å². The molecular formula is C21H21FN2O2S. The van der Waals surface area contributed by atoms with Crippen LogP contribution >= 0.6 is 11.8 Å². The average Bonchev–Trinajstić information content (AvgIpc) is 3.11. The predicted molar refractivity (Wildman–Crippen MR) is 104 cm³/mol. The van der Waals surface area contributed by atoms with E-state index in [0.29, 0.717) is 18.7 Å². The van der Waals surface area contributed by atoms with E-state index < -0.39 is 12.1 Å². The maximum Gasteiger partial charge on any atom is 0.246 e. The largest absolute Gasteiger partial charge is 0.342 e. The fourth-order valence-electron chi connectivity index (χ4n) is 3.79. The Morgan fingerprint density at radius 3 is 2.52 bits per heavy atom. The maximum atomic E-state index is 13.0. The number of rotatable bonds is 5. The van der Waals surface area contributed by atoms with Crippen molar-refractivity contribution in [1.29, 1.82) is 0 Å². The molecule has 6 heteroatoms. The second-order valence-electron chi connectivity index (χ2n) is 6.99. The van der Waals surface area contributed by atoms with E-state index in [2.05, 4.69) is 5.32 Å². The van der Waals surface area contributed by atoms with Crippen LogP contribution in [0.1, 0.15) is 17.5 Å². The van der Waals surface area contributed by atoms with Crippen LogP contribution in [0, 0.1) is 5.82 Å². The topological polar surface area (TPSA) is 49.4 Å². The van der Waals surface area contributed by atoms with Crippen LogP contribution in [-0.2, 0) is 21.8 Å². The van der Waals surface area contributed by atoms with Gasteiger partial charge in [0.05, 0.1) is 0 Å².